The quantitative estimate of drug-likeness (QED) is 0.783. The summed E-state index contributed by atoms with van der Waals surface area (Å²) in [7, 11) is -3.84. The first kappa shape index (κ1) is 20.0. The summed E-state index contributed by atoms with van der Waals surface area (Å²) in [5.41, 5.74) is 0.174. The molecule has 2 rings (SSSR count). The maximum atomic E-state index is 14.4. The number of halogens is 1. The number of hydrogen-bond acceptors (Lipinski definition) is 5. The van der Waals surface area contributed by atoms with Gasteiger partial charge in [0.05, 0.1) is 0 Å². The third kappa shape index (κ3) is 3.91. The second-order valence-corrected chi connectivity index (χ2v) is 8.71. The molecule has 6 nitrogen and oxygen atoms in total. The summed E-state index contributed by atoms with van der Waals surface area (Å²) in [6.07, 6.45) is 1.63. The summed E-state index contributed by atoms with van der Waals surface area (Å²) < 4.78 is 37.5. The average molecular weight is 381 g/mol. The molecule has 26 heavy (non-hydrogen) atoms. The standard InChI is InChI=1S/C18H20FNO5S/c1-18(16(22)12-21,26(2,24)25)8-9-20-11-15(19)14(10-17(20)23)13-6-4-3-5-7-13/h3-7,10-11,21H,8-9,12H2,1-2H3/t18-/m1/s1. The molecule has 0 saturated heterocycles. The molecule has 0 aliphatic heterocycles. The van der Waals surface area contributed by atoms with Gasteiger partial charge >= 0.3 is 0 Å². The van der Waals surface area contributed by atoms with E-state index in [2.05, 4.69) is 0 Å². The van der Waals surface area contributed by atoms with Gasteiger partial charge in [-0.2, -0.15) is 0 Å². The van der Waals surface area contributed by atoms with Crippen LogP contribution in [0.3, 0.4) is 0 Å². The zero-order valence-corrected chi connectivity index (χ0v) is 15.3. The molecule has 0 bridgehead atoms. The van der Waals surface area contributed by atoms with E-state index in [0.717, 1.165) is 23.1 Å². The maximum absolute atomic E-state index is 14.4. The highest BCUT2D eigenvalue weighted by Crippen LogP contribution is 2.24. The van der Waals surface area contributed by atoms with E-state index in [1.54, 1.807) is 30.3 Å². The molecule has 1 N–H and O–H groups in total. The van der Waals surface area contributed by atoms with Gasteiger partial charge in [-0.1, -0.05) is 30.3 Å². The van der Waals surface area contributed by atoms with Gasteiger partial charge in [0.1, 0.15) is 17.2 Å². The van der Waals surface area contributed by atoms with Crippen molar-refractivity contribution in [2.45, 2.75) is 24.6 Å². The summed E-state index contributed by atoms with van der Waals surface area (Å²) >= 11 is 0. The van der Waals surface area contributed by atoms with Gasteiger partial charge in [-0.25, -0.2) is 12.8 Å². The lowest BCUT2D eigenvalue weighted by atomic mass is 10.0. The van der Waals surface area contributed by atoms with E-state index < -0.39 is 38.4 Å². The largest absolute Gasteiger partial charge is 0.389 e. The number of aryl methyl sites for hydroxylation is 1. The number of aromatic nitrogens is 1. The minimum atomic E-state index is -3.84. The van der Waals surface area contributed by atoms with E-state index in [-0.39, 0.29) is 18.5 Å². The number of hydrogen-bond donors (Lipinski definition) is 1. The predicted octanol–water partition coefficient (Wildman–Crippen LogP) is 1.41. The predicted molar refractivity (Wildman–Crippen MR) is 96.1 cm³/mol. The van der Waals surface area contributed by atoms with Crippen molar-refractivity contribution in [2.75, 3.05) is 12.9 Å². The van der Waals surface area contributed by atoms with Crippen LogP contribution in [0.25, 0.3) is 11.1 Å². The zero-order chi connectivity index (χ0) is 19.5. The lowest BCUT2D eigenvalue weighted by molar-refractivity contribution is -0.124. The average Bonchev–Trinajstić information content (AvgIpc) is 2.60. The van der Waals surface area contributed by atoms with E-state index >= 15 is 0 Å². The van der Waals surface area contributed by atoms with Crippen LogP contribution in [-0.4, -0.2) is 41.5 Å². The fourth-order valence-corrected chi connectivity index (χ4v) is 3.53. The smallest absolute Gasteiger partial charge is 0.251 e. The Morgan fingerprint density at radius 2 is 1.88 bits per heavy atom. The van der Waals surface area contributed by atoms with Crippen LogP contribution in [0.4, 0.5) is 4.39 Å². The topological polar surface area (TPSA) is 93.4 Å². The second-order valence-electron chi connectivity index (χ2n) is 6.27. The highest BCUT2D eigenvalue weighted by atomic mass is 32.2. The number of carbonyl (C=O) groups is 1. The van der Waals surface area contributed by atoms with E-state index in [0.29, 0.717) is 5.56 Å². The number of pyridine rings is 1. The Morgan fingerprint density at radius 3 is 2.42 bits per heavy atom. The zero-order valence-electron chi connectivity index (χ0n) is 14.5. The van der Waals surface area contributed by atoms with Crippen molar-refractivity contribution < 1.29 is 22.7 Å². The molecule has 1 aromatic carbocycles. The first-order valence-electron chi connectivity index (χ1n) is 7.89. The fraction of sp³-hybridized carbons (Fsp3) is 0.333. The number of sulfone groups is 1. The van der Waals surface area contributed by atoms with Crippen molar-refractivity contribution in [3.05, 3.63) is 58.8 Å². The van der Waals surface area contributed by atoms with Gasteiger partial charge in [-0.05, 0) is 18.9 Å². The number of rotatable bonds is 7. The Hall–Kier alpha value is -2.32. The molecule has 0 unspecified atom stereocenters. The molecule has 140 valence electrons. The first-order valence-corrected chi connectivity index (χ1v) is 9.78. The summed E-state index contributed by atoms with van der Waals surface area (Å²) in [5, 5.41) is 9.05. The fourth-order valence-electron chi connectivity index (χ4n) is 2.59. The Bertz CT molecular complexity index is 969. The van der Waals surface area contributed by atoms with Crippen LogP contribution in [-0.2, 0) is 21.2 Å². The van der Waals surface area contributed by atoms with Crippen LogP contribution >= 0.6 is 0 Å². The van der Waals surface area contributed by atoms with Crippen molar-refractivity contribution in [1.29, 1.82) is 0 Å². The van der Waals surface area contributed by atoms with Crippen LogP contribution in [0.15, 0.2) is 47.4 Å². The molecular formula is C18H20FNO5S. The van der Waals surface area contributed by atoms with Gasteiger partial charge in [0, 0.05) is 30.6 Å². The molecule has 1 atom stereocenters. The number of carbonyl (C=O) groups excluding carboxylic acids is 1. The molecule has 8 heteroatoms. The minimum absolute atomic E-state index is 0.143. The van der Waals surface area contributed by atoms with Gasteiger partial charge in [0.25, 0.3) is 5.56 Å². The summed E-state index contributed by atoms with van der Waals surface area (Å²) in [4.78, 5) is 24.2. The van der Waals surface area contributed by atoms with Crippen LogP contribution in [0.5, 0.6) is 0 Å². The summed E-state index contributed by atoms with van der Waals surface area (Å²) in [6.45, 7) is 0.0839. The van der Waals surface area contributed by atoms with E-state index in [9.17, 15) is 22.4 Å². The van der Waals surface area contributed by atoms with Crippen LogP contribution < -0.4 is 5.56 Å². The van der Waals surface area contributed by atoms with Gasteiger partial charge in [-0.15, -0.1) is 0 Å². The molecule has 0 aliphatic carbocycles. The lowest BCUT2D eigenvalue weighted by Gasteiger charge is -2.25. The molecular weight excluding hydrogens is 361 g/mol. The molecule has 0 spiro atoms. The van der Waals surface area contributed by atoms with Gasteiger partial charge in [0.15, 0.2) is 15.6 Å². The molecule has 1 heterocycles. The second kappa shape index (κ2) is 7.51. The Morgan fingerprint density at radius 1 is 1.27 bits per heavy atom. The molecule has 0 saturated carbocycles. The molecule has 1 aromatic heterocycles. The van der Waals surface area contributed by atoms with Crippen molar-refractivity contribution in [3.8, 4) is 11.1 Å². The van der Waals surface area contributed by atoms with Gasteiger partial charge < -0.3 is 9.67 Å². The summed E-state index contributed by atoms with van der Waals surface area (Å²) in [5.74, 6) is -1.50. The van der Waals surface area contributed by atoms with Crippen LogP contribution in [0, 0.1) is 5.82 Å². The van der Waals surface area contributed by atoms with Crippen LogP contribution in [0.1, 0.15) is 13.3 Å². The maximum Gasteiger partial charge on any atom is 0.251 e. The normalized spacial score (nSPS) is 14.0. The highest BCUT2D eigenvalue weighted by Gasteiger charge is 2.42. The van der Waals surface area contributed by atoms with E-state index in [4.69, 9.17) is 5.11 Å². The molecule has 0 fully saturated rings. The lowest BCUT2D eigenvalue weighted by Crippen LogP contribution is -2.46. The molecule has 0 radical (unpaired) electrons. The minimum Gasteiger partial charge on any atom is -0.389 e. The molecule has 0 amide bonds. The Balaban J connectivity index is 2.35. The van der Waals surface area contributed by atoms with Crippen molar-refractivity contribution >= 4 is 15.6 Å². The van der Waals surface area contributed by atoms with Gasteiger partial charge in [-0.3, -0.25) is 9.59 Å². The number of ketones is 1. The van der Waals surface area contributed by atoms with Crippen molar-refractivity contribution in [1.82, 2.24) is 4.57 Å². The number of Topliss-reactive ketones (excluding diaryl/α,β-unsaturated/α-hetero) is 1. The van der Waals surface area contributed by atoms with E-state index in [1.165, 1.54) is 6.92 Å². The third-order valence-electron chi connectivity index (χ3n) is 4.54. The number of nitrogens with zero attached hydrogens (tertiary/aromatic N) is 1. The van der Waals surface area contributed by atoms with Crippen molar-refractivity contribution in [2.24, 2.45) is 0 Å². The first-order chi connectivity index (χ1) is 12.1. The molecule has 2 aromatic rings. The number of benzene rings is 1. The highest BCUT2D eigenvalue weighted by molar-refractivity contribution is 7.92. The van der Waals surface area contributed by atoms with Crippen LogP contribution in [0.2, 0.25) is 0 Å². The Labute approximate surface area is 150 Å². The van der Waals surface area contributed by atoms with Gasteiger partial charge in [0.2, 0.25) is 0 Å². The summed E-state index contributed by atoms with van der Waals surface area (Å²) in [6, 6.07) is 9.69. The Kier molecular flexibility index (Phi) is 5.77. The SMILES string of the molecule is C[C@@](CCn1cc(F)c(-c2ccccc2)cc1=O)(C(=O)CO)S(C)(=O)=O. The van der Waals surface area contributed by atoms with Crippen molar-refractivity contribution in [3.63, 3.8) is 0 Å². The monoisotopic (exact) mass is 381 g/mol. The molecule has 0 aliphatic rings. The third-order valence-corrected chi connectivity index (χ3v) is 6.61. The number of aliphatic hydroxyl groups excluding tert-OH is 1. The number of aliphatic hydroxyl groups is 1. The van der Waals surface area contributed by atoms with E-state index in [1.807, 2.05) is 0 Å².